The molecule has 1 aliphatic carbocycles. The van der Waals surface area contributed by atoms with Gasteiger partial charge in [-0.15, -0.1) is 0 Å². The zero-order valence-electron chi connectivity index (χ0n) is 15.9. The van der Waals surface area contributed by atoms with E-state index in [2.05, 4.69) is 29.6 Å². The number of fused-ring (bicyclic) bond motifs is 1. The second-order valence-electron chi connectivity index (χ2n) is 7.07. The number of nitrogens with one attached hydrogen (secondary N) is 1. The monoisotopic (exact) mass is 367 g/mol. The van der Waals surface area contributed by atoms with Gasteiger partial charge in [-0.25, -0.2) is 0 Å². The van der Waals surface area contributed by atoms with E-state index in [1.807, 2.05) is 24.3 Å². The molecule has 1 fully saturated rings. The van der Waals surface area contributed by atoms with Gasteiger partial charge in [0.25, 0.3) is 0 Å². The maximum absolute atomic E-state index is 11.7. The lowest BCUT2D eigenvalue weighted by Crippen LogP contribution is -2.30. The highest BCUT2D eigenvalue weighted by molar-refractivity contribution is 5.87. The molecular weight excluding hydrogens is 338 g/mol. The normalized spacial score (nSPS) is 16.9. The van der Waals surface area contributed by atoms with Gasteiger partial charge in [-0.2, -0.15) is 0 Å². The molecule has 4 heteroatoms. The highest BCUT2D eigenvalue weighted by Gasteiger charge is 2.15. The average Bonchev–Trinajstić information content (AvgIpc) is 3.34. The van der Waals surface area contributed by atoms with Crippen LogP contribution >= 0.6 is 0 Å². The Morgan fingerprint density at radius 2 is 1.85 bits per heavy atom. The summed E-state index contributed by atoms with van der Waals surface area (Å²) in [5.74, 6) is 1.70. The minimum Gasteiger partial charge on any atom is -0.454 e. The number of carbonyl (C=O) groups excluding carboxylic acids is 1. The third kappa shape index (κ3) is 6.63. The van der Waals surface area contributed by atoms with Gasteiger partial charge in [0.05, 0.1) is 0 Å². The zero-order valence-corrected chi connectivity index (χ0v) is 15.9. The molecule has 1 aliphatic heterocycles. The first-order valence-electron chi connectivity index (χ1n) is 9.98. The lowest BCUT2D eigenvalue weighted by molar-refractivity contribution is -0.117. The number of hydrogen-bond donors (Lipinski definition) is 1. The molecule has 0 atom stereocenters. The molecule has 1 amide bonds. The Bertz CT molecular complexity index is 700. The van der Waals surface area contributed by atoms with Gasteiger partial charge in [0.1, 0.15) is 0 Å². The van der Waals surface area contributed by atoms with Crippen molar-refractivity contribution >= 4 is 5.91 Å². The van der Waals surface area contributed by atoms with Crippen LogP contribution in [0.5, 0.6) is 11.5 Å². The first-order chi connectivity index (χ1) is 13.3. The van der Waals surface area contributed by atoms with Crippen molar-refractivity contribution in [2.75, 3.05) is 6.79 Å². The van der Waals surface area contributed by atoms with Crippen molar-refractivity contribution < 1.29 is 14.3 Å². The van der Waals surface area contributed by atoms with Gasteiger partial charge in [0.2, 0.25) is 12.7 Å². The summed E-state index contributed by atoms with van der Waals surface area (Å²) in [6, 6.07) is 6.48. The van der Waals surface area contributed by atoms with Crippen LogP contribution in [0.15, 0.2) is 54.7 Å². The van der Waals surface area contributed by atoms with Crippen LogP contribution in [-0.2, 0) is 11.2 Å². The molecule has 4 nitrogen and oxygen atoms in total. The van der Waals surface area contributed by atoms with E-state index >= 15 is 0 Å². The van der Waals surface area contributed by atoms with Crippen molar-refractivity contribution in [3.63, 3.8) is 0 Å². The van der Waals surface area contributed by atoms with E-state index in [0.717, 1.165) is 50.0 Å². The molecule has 1 heterocycles. The summed E-state index contributed by atoms with van der Waals surface area (Å²) in [5, 5.41) is 3.05. The zero-order chi connectivity index (χ0) is 18.7. The van der Waals surface area contributed by atoms with Crippen LogP contribution in [0.2, 0.25) is 0 Å². The molecule has 0 saturated heterocycles. The van der Waals surface area contributed by atoms with Crippen molar-refractivity contribution in [3.05, 3.63) is 60.2 Å². The third-order valence-corrected chi connectivity index (χ3v) is 4.90. The minimum atomic E-state index is 0.0259. The van der Waals surface area contributed by atoms with Crippen LogP contribution in [0.4, 0.5) is 0 Å². The van der Waals surface area contributed by atoms with Gasteiger partial charge in [-0.3, -0.25) is 4.79 Å². The number of ether oxygens (including phenoxy) is 2. The van der Waals surface area contributed by atoms with E-state index in [4.69, 9.17) is 9.47 Å². The largest absolute Gasteiger partial charge is 0.454 e. The van der Waals surface area contributed by atoms with E-state index in [-0.39, 0.29) is 5.91 Å². The Morgan fingerprint density at radius 1 is 1.04 bits per heavy atom. The number of rotatable bonds is 9. The fourth-order valence-corrected chi connectivity index (χ4v) is 3.40. The van der Waals surface area contributed by atoms with E-state index in [1.54, 1.807) is 6.08 Å². The maximum atomic E-state index is 11.7. The fraction of sp³-hybridized carbons (Fsp3) is 0.435. The first kappa shape index (κ1) is 19.3. The van der Waals surface area contributed by atoms with Crippen molar-refractivity contribution in [2.45, 2.75) is 57.4 Å². The summed E-state index contributed by atoms with van der Waals surface area (Å²) >= 11 is 0. The molecule has 0 aromatic heterocycles. The van der Waals surface area contributed by atoms with Gasteiger partial charge < -0.3 is 14.8 Å². The summed E-state index contributed by atoms with van der Waals surface area (Å²) in [6.07, 6.45) is 20.8. The molecular formula is C23H29NO3. The van der Waals surface area contributed by atoms with E-state index in [9.17, 15) is 4.79 Å². The summed E-state index contributed by atoms with van der Waals surface area (Å²) < 4.78 is 10.7. The van der Waals surface area contributed by atoms with Crippen LogP contribution in [0.25, 0.3) is 0 Å². The quantitative estimate of drug-likeness (QED) is 0.294. The smallest absolute Gasteiger partial charge is 0.244 e. The van der Waals surface area contributed by atoms with Gasteiger partial charge >= 0.3 is 0 Å². The number of amides is 1. The number of allylic oxidation sites excluding steroid dienone is 5. The molecule has 1 aromatic carbocycles. The molecule has 1 aromatic rings. The lowest BCUT2D eigenvalue weighted by atomic mass is 10.1. The first-order valence-corrected chi connectivity index (χ1v) is 9.98. The molecule has 27 heavy (non-hydrogen) atoms. The van der Waals surface area contributed by atoms with Crippen LogP contribution in [0.1, 0.15) is 50.5 Å². The molecule has 2 aliphatic rings. The van der Waals surface area contributed by atoms with Crippen LogP contribution in [-0.4, -0.2) is 18.7 Å². The van der Waals surface area contributed by atoms with Crippen LogP contribution < -0.4 is 14.8 Å². The second kappa shape index (κ2) is 10.6. The molecule has 1 N–H and O–H groups in total. The lowest BCUT2D eigenvalue weighted by Gasteiger charge is -2.08. The number of carbonyl (C=O) groups is 1. The van der Waals surface area contributed by atoms with Gasteiger partial charge in [-0.05, 0) is 56.2 Å². The average molecular weight is 367 g/mol. The Morgan fingerprint density at radius 3 is 2.74 bits per heavy atom. The molecule has 1 saturated carbocycles. The molecule has 0 unspecified atom stereocenters. The second-order valence-corrected chi connectivity index (χ2v) is 7.07. The van der Waals surface area contributed by atoms with Gasteiger partial charge in [-0.1, -0.05) is 49.3 Å². The predicted molar refractivity (Wildman–Crippen MR) is 108 cm³/mol. The molecule has 0 radical (unpaired) electrons. The van der Waals surface area contributed by atoms with Crippen molar-refractivity contribution in [3.8, 4) is 11.5 Å². The van der Waals surface area contributed by atoms with Crippen molar-refractivity contribution in [2.24, 2.45) is 0 Å². The Hall–Kier alpha value is -2.49. The van der Waals surface area contributed by atoms with E-state index in [0.29, 0.717) is 12.8 Å². The molecule has 0 spiro atoms. The molecule has 0 bridgehead atoms. The van der Waals surface area contributed by atoms with Crippen LogP contribution in [0.3, 0.4) is 0 Å². The topological polar surface area (TPSA) is 47.6 Å². The van der Waals surface area contributed by atoms with Gasteiger partial charge in [0.15, 0.2) is 11.5 Å². The third-order valence-electron chi connectivity index (χ3n) is 4.90. The Balaban J connectivity index is 1.24. The SMILES string of the molecule is O=C(/C=C/C=C/CCC/C=C/Cc1ccc2c(c1)OCO2)NC1CCCC1. The van der Waals surface area contributed by atoms with Crippen molar-refractivity contribution in [1.29, 1.82) is 0 Å². The highest BCUT2D eigenvalue weighted by atomic mass is 16.7. The van der Waals surface area contributed by atoms with E-state index in [1.165, 1.54) is 18.4 Å². The Labute approximate surface area is 161 Å². The standard InChI is InChI=1S/C23H29NO3/c25-23(24-20-12-9-10-13-20)14-8-6-4-2-1-3-5-7-11-19-15-16-21-22(17-19)27-18-26-21/h4-8,14-17,20H,1-3,9-13,18H2,(H,24,25)/b6-4+,7-5+,14-8+. The summed E-state index contributed by atoms with van der Waals surface area (Å²) in [4.78, 5) is 11.7. The van der Waals surface area contributed by atoms with Crippen LogP contribution in [0, 0.1) is 0 Å². The van der Waals surface area contributed by atoms with E-state index < -0.39 is 0 Å². The minimum absolute atomic E-state index is 0.0259. The number of benzene rings is 1. The summed E-state index contributed by atoms with van der Waals surface area (Å²) in [7, 11) is 0. The molecule has 3 rings (SSSR count). The predicted octanol–water partition coefficient (Wildman–Crippen LogP) is 4.86. The molecule has 144 valence electrons. The highest BCUT2D eigenvalue weighted by Crippen LogP contribution is 2.32. The summed E-state index contributed by atoms with van der Waals surface area (Å²) in [5.41, 5.74) is 1.23. The number of unbranched alkanes of at least 4 members (excludes halogenated alkanes) is 2. The maximum Gasteiger partial charge on any atom is 0.244 e. The number of hydrogen-bond acceptors (Lipinski definition) is 3. The summed E-state index contributed by atoms with van der Waals surface area (Å²) in [6.45, 7) is 0.322. The fourth-order valence-electron chi connectivity index (χ4n) is 3.40. The van der Waals surface area contributed by atoms with Crippen molar-refractivity contribution in [1.82, 2.24) is 5.32 Å². The Kier molecular flexibility index (Phi) is 7.57. The van der Waals surface area contributed by atoms with Gasteiger partial charge in [0, 0.05) is 12.1 Å².